The molecule has 7 nitrogen and oxygen atoms in total. The molecule has 0 saturated carbocycles. The van der Waals surface area contributed by atoms with Crippen molar-refractivity contribution in [2.45, 2.75) is 39.8 Å². The molecule has 0 aliphatic heterocycles. The molecule has 2 atom stereocenters. The van der Waals surface area contributed by atoms with E-state index in [2.05, 4.69) is 21.8 Å². The average molecular weight is 358 g/mol. The maximum Gasteiger partial charge on any atom is 0.320 e. The molecule has 0 unspecified atom stereocenters. The second-order valence-electron chi connectivity index (χ2n) is 6.49. The van der Waals surface area contributed by atoms with Gasteiger partial charge in [0.2, 0.25) is 5.91 Å². The molecule has 7 heteroatoms. The summed E-state index contributed by atoms with van der Waals surface area (Å²) in [5, 5.41) is 19.1. The number of aliphatic carboxylic acids is 1. The lowest BCUT2D eigenvalue weighted by molar-refractivity contribution is -0.140. The molecule has 140 valence electrons. The molecule has 0 fully saturated rings. The summed E-state index contributed by atoms with van der Waals surface area (Å²) < 4.78 is 1.70. The molecule has 1 aromatic carbocycles. The van der Waals surface area contributed by atoms with Crippen LogP contribution in [0.5, 0.6) is 0 Å². The molecule has 0 bridgehead atoms. The third-order valence-electron chi connectivity index (χ3n) is 4.36. The van der Waals surface area contributed by atoms with E-state index in [4.69, 9.17) is 0 Å². The van der Waals surface area contributed by atoms with E-state index in [9.17, 15) is 14.7 Å². The summed E-state index contributed by atoms with van der Waals surface area (Å²) in [5.74, 6) is -0.733. The fraction of sp³-hybridized carbons (Fsp3) is 0.421. The molecule has 0 saturated heterocycles. The zero-order valence-electron chi connectivity index (χ0n) is 15.4. The van der Waals surface area contributed by atoms with Crippen LogP contribution < -0.4 is 10.6 Å². The smallest absolute Gasteiger partial charge is 0.320 e. The zero-order chi connectivity index (χ0) is 19.1. The molecular weight excluding hydrogens is 332 g/mol. The van der Waals surface area contributed by atoms with Gasteiger partial charge in [-0.05, 0) is 18.4 Å². The number of carboxylic acids is 1. The van der Waals surface area contributed by atoms with E-state index in [1.165, 1.54) is 0 Å². The summed E-state index contributed by atoms with van der Waals surface area (Å²) in [7, 11) is 0. The maximum atomic E-state index is 12.2. The Kier molecular flexibility index (Phi) is 6.91. The van der Waals surface area contributed by atoms with Gasteiger partial charge < -0.3 is 10.4 Å². The molecule has 0 aliphatic rings. The van der Waals surface area contributed by atoms with Crippen molar-refractivity contribution < 1.29 is 14.7 Å². The monoisotopic (exact) mass is 358 g/mol. The number of carboxylic acid groups (broad SMARTS) is 1. The van der Waals surface area contributed by atoms with Gasteiger partial charge >= 0.3 is 5.97 Å². The Bertz CT molecular complexity index is 757. The number of aryl methyl sites for hydroxylation is 1. The largest absolute Gasteiger partial charge is 0.480 e. The molecule has 2 rings (SSSR count). The molecular formula is C19H26N4O3. The lowest BCUT2D eigenvalue weighted by Crippen LogP contribution is -2.45. The van der Waals surface area contributed by atoms with Crippen molar-refractivity contribution in [1.29, 1.82) is 0 Å². The molecule has 0 aliphatic carbocycles. The fourth-order valence-electron chi connectivity index (χ4n) is 2.71. The highest BCUT2D eigenvalue weighted by Crippen LogP contribution is 2.12. The Balaban J connectivity index is 1.95. The van der Waals surface area contributed by atoms with Crippen molar-refractivity contribution in [3.63, 3.8) is 0 Å². The van der Waals surface area contributed by atoms with Crippen LogP contribution in [0.4, 0.5) is 5.82 Å². The molecule has 1 aromatic heterocycles. The summed E-state index contributed by atoms with van der Waals surface area (Å²) in [6.07, 6.45) is 2.34. The predicted octanol–water partition coefficient (Wildman–Crippen LogP) is 2.27. The molecule has 3 N–H and O–H groups in total. The molecule has 0 spiro atoms. The van der Waals surface area contributed by atoms with Gasteiger partial charge in [-0.1, -0.05) is 50.1 Å². The summed E-state index contributed by atoms with van der Waals surface area (Å²) in [6, 6.07) is 9.05. The SMILES string of the molecule is CC[C@H](C)[C@H](NCC(=O)Nc1ccnn1Cc1cccc(C)c1)C(=O)O. The Morgan fingerprint density at radius 1 is 1.31 bits per heavy atom. The number of nitrogens with one attached hydrogen (secondary N) is 2. The second kappa shape index (κ2) is 9.15. The topological polar surface area (TPSA) is 96.3 Å². The van der Waals surface area contributed by atoms with Crippen LogP contribution in [0.2, 0.25) is 0 Å². The Morgan fingerprint density at radius 2 is 2.08 bits per heavy atom. The maximum absolute atomic E-state index is 12.2. The van der Waals surface area contributed by atoms with Crippen LogP contribution in [0, 0.1) is 12.8 Å². The van der Waals surface area contributed by atoms with E-state index < -0.39 is 12.0 Å². The first kappa shape index (κ1) is 19.7. The van der Waals surface area contributed by atoms with E-state index in [0.29, 0.717) is 12.4 Å². The number of hydrogen-bond acceptors (Lipinski definition) is 4. The van der Waals surface area contributed by atoms with Crippen LogP contribution in [-0.2, 0) is 16.1 Å². The van der Waals surface area contributed by atoms with E-state index in [-0.39, 0.29) is 18.4 Å². The number of nitrogens with zero attached hydrogens (tertiary/aromatic N) is 2. The summed E-state index contributed by atoms with van der Waals surface area (Å²) in [4.78, 5) is 23.5. The first-order valence-corrected chi connectivity index (χ1v) is 8.74. The molecule has 1 heterocycles. The van der Waals surface area contributed by atoms with E-state index >= 15 is 0 Å². The number of carbonyl (C=O) groups is 2. The summed E-state index contributed by atoms with van der Waals surface area (Å²) in [6.45, 7) is 6.27. The normalized spacial score (nSPS) is 13.2. The molecule has 26 heavy (non-hydrogen) atoms. The number of anilines is 1. The third kappa shape index (κ3) is 5.42. The Morgan fingerprint density at radius 3 is 2.73 bits per heavy atom. The summed E-state index contributed by atoms with van der Waals surface area (Å²) in [5.41, 5.74) is 2.25. The van der Waals surface area contributed by atoms with E-state index in [1.54, 1.807) is 16.9 Å². The van der Waals surface area contributed by atoms with Gasteiger partial charge in [-0.3, -0.25) is 14.9 Å². The fourth-order valence-corrected chi connectivity index (χ4v) is 2.71. The number of hydrogen-bond donors (Lipinski definition) is 3. The van der Waals surface area contributed by atoms with Crippen molar-refractivity contribution in [3.8, 4) is 0 Å². The minimum atomic E-state index is -0.948. The van der Waals surface area contributed by atoms with Crippen LogP contribution >= 0.6 is 0 Å². The first-order valence-electron chi connectivity index (χ1n) is 8.74. The zero-order valence-corrected chi connectivity index (χ0v) is 15.4. The third-order valence-corrected chi connectivity index (χ3v) is 4.36. The van der Waals surface area contributed by atoms with Crippen molar-refractivity contribution in [1.82, 2.24) is 15.1 Å². The van der Waals surface area contributed by atoms with Gasteiger partial charge in [-0.15, -0.1) is 0 Å². The lowest BCUT2D eigenvalue weighted by Gasteiger charge is -2.20. The van der Waals surface area contributed by atoms with Crippen molar-refractivity contribution >= 4 is 17.7 Å². The van der Waals surface area contributed by atoms with Crippen molar-refractivity contribution in [2.75, 3.05) is 11.9 Å². The summed E-state index contributed by atoms with van der Waals surface area (Å²) >= 11 is 0. The highest BCUT2D eigenvalue weighted by Gasteiger charge is 2.23. The lowest BCUT2D eigenvalue weighted by atomic mass is 9.99. The van der Waals surface area contributed by atoms with E-state index in [0.717, 1.165) is 17.5 Å². The Labute approximate surface area is 153 Å². The number of aromatic nitrogens is 2. The van der Waals surface area contributed by atoms with Crippen molar-refractivity contribution in [2.24, 2.45) is 5.92 Å². The first-order chi connectivity index (χ1) is 12.4. The van der Waals surface area contributed by atoms with Gasteiger partial charge in [0.15, 0.2) is 0 Å². The van der Waals surface area contributed by atoms with Gasteiger partial charge in [0.1, 0.15) is 11.9 Å². The predicted molar refractivity (Wildman–Crippen MR) is 100 cm³/mol. The Hall–Kier alpha value is -2.67. The average Bonchev–Trinajstić information content (AvgIpc) is 3.01. The van der Waals surface area contributed by atoms with Crippen LogP contribution in [0.15, 0.2) is 36.5 Å². The van der Waals surface area contributed by atoms with Gasteiger partial charge in [-0.25, -0.2) is 4.68 Å². The van der Waals surface area contributed by atoms with Crippen LogP contribution in [-0.4, -0.2) is 39.4 Å². The molecule has 1 amide bonds. The van der Waals surface area contributed by atoms with Gasteiger partial charge in [-0.2, -0.15) is 5.10 Å². The van der Waals surface area contributed by atoms with Crippen LogP contribution in [0.3, 0.4) is 0 Å². The van der Waals surface area contributed by atoms with Gasteiger partial charge in [0, 0.05) is 6.07 Å². The quantitative estimate of drug-likeness (QED) is 0.639. The number of benzene rings is 1. The van der Waals surface area contributed by atoms with Crippen LogP contribution in [0.1, 0.15) is 31.4 Å². The minimum Gasteiger partial charge on any atom is -0.480 e. The molecule has 0 radical (unpaired) electrons. The highest BCUT2D eigenvalue weighted by molar-refractivity contribution is 5.91. The number of rotatable bonds is 9. The van der Waals surface area contributed by atoms with Crippen LogP contribution in [0.25, 0.3) is 0 Å². The van der Waals surface area contributed by atoms with Gasteiger partial charge in [0.25, 0.3) is 0 Å². The number of carbonyl (C=O) groups excluding carboxylic acids is 1. The van der Waals surface area contributed by atoms with E-state index in [1.807, 2.05) is 39.0 Å². The van der Waals surface area contributed by atoms with Crippen molar-refractivity contribution in [3.05, 3.63) is 47.7 Å². The minimum absolute atomic E-state index is 0.0628. The molecule has 2 aromatic rings. The second-order valence-corrected chi connectivity index (χ2v) is 6.49. The number of amides is 1. The standard InChI is InChI=1S/C19H26N4O3/c1-4-14(3)18(19(25)26)20-11-17(24)22-16-8-9-21-23(16)12-15-7-5-6-13(2)10-15/h5-10,14,18,20H,4,11-12H2,1-3H3,(H,22,24)(H,25,26)/t14-,18-/m0/s1. The van der Waals surface area contributed by atoms with Gasteiger partial charge in [0.05, 0.1) is 19.3 Å². The highest BCUT2D eigenvalue weighted by atomic mass is 16.4.